The first kappa shape index (κ1) is 19.5. The largest absolute Gasteiger partial charge is 0.462 e. The topological polar surface area (TPSA) is 114 Å². The number of nitrogens with one attached hydrogen (secondary N) is 2. The Morgan fingerprint density at radius 1 is 1.30 bits per heavy atom. The average Bonchev–Trinajstić information content (AvgIpc) is 3.15. The summed E-state index contributed by atoms with van der Waals surface area (Å²) in [6, 6.07) is 1.79. The van der Waals surface area contributed by atoms with Gasteiger partial charge in [-0.15, -0.1) is 11.3 Å². The molecule has 3 heterocycles. The molecule has 11 heteroatoms. The highest BCUT2D eigenvalue weighted by atomic mass is 32.2. The van der Waals surface area contributed by atoms with Crippen molar-refractivity contribution >= 4 is 61.7 Å². The molecule has 0 saturated heterocycles. The number of thioether (sulfide) groups is 1. The lowest BCUT2D eigenvalue weighted by atomic mass is 10.4. The Hall–Kier alpha value is -2.24. The van der Waals surface area contributed by atoms with E-state index in [9.17, 15) is 14.4 Å². The first-order valence-electron chi connectivity index (χ1n) is 7.95. The van der Waals surface area contributed by atoms with Crippen LogP contribution >= 0.6 is 34.4 Å². The second-order valence-electron chi connectivity index (χ2n) is 5.44. The number of aromatic amines is 1. The Labute approximate surface area is 166 Å². The Kier molecular flexibility index (Phi) is 5.92. The molecule has 0 spiro atoms. The lowest BCUT2D eigenvalue weighted by molar-refractivity contribution is -0.113. The highest BCUT2D eigenvalue weighted by Gasteiger charge is 2.18. The molecular weight excluding hydrogens is 408 g/mol. The summed E-state index contributed by atoms with van der Waals surface area (Å²) in [5.41, 5.74) is 0.285. The highest BCUT2D eigenvalue weighted by Crippen LogP contribution is 2.25. The van der Waals surface area contributed by atoms with Gasteiger partial charge in [0.15, 0.2) is 10.3 Å². The number of fused-ring (bicyclic) bond motifs is 1. The number of anilines is 1. The van der Waals surface area contributed by atoms with E-state index in [1.54, 1.807) is 19.9 Å². The van der Waals surface area contributed by atoms with Crippen LogP contribution in [-0.2, 0) is 9.53 Å². The zero-order chi connectivity index (χ0) is 19.6. The average molecular weight is 425 g/mol. The summed E-state index contributed by atoms with van der Waals surface area (Å²) < 4.78 is 4.95. The highest BCUT2D eigenvalue weighted by molar-refractivity contribution is 7.99. The van der Waals surface area contributed by atoms with Crippen LogP contribution in [0.15, 0.2) is 16.0 Å². The zero-order valence-corrected chi connectivity index (χ0v) is 17.2. The second-order valence-corrected chi connectivity index (χ2v) is 8.64. The third-order valence-corrected chi connectivity index (χ3v) is 6.22. The Bertz CT molecular complexity index is 1070. The minimum Gasteiger partial charge on any atom is -0.462 e. The summed E-state index contributed by atoms with van der Waals surface area (Å²) in [5.74, 6) is -0.718. The molecule has 0 aliphatic rings. The van der Waals surface area contributed by atoms with Crippen molar-refractivity contribution in [3.05, 3.63) is 31.9 Å². The molecule has 3 aromatic rings. The minimum atomic E-state index is -0.455. The zero-order valence-electron chi connectivity index (χ0n) is 14.7. The predicted octanol–water partition coefficient (Wildman–Crippen LogP) is 2.97. The van der Waals surface area contributed by atoms with E-state index in [1.165, 1.54) is 11.3 Å². The van der Waals surface area contributed by atoms with Gasteiger partial charge in [-0.2, -0.15) is 0 Å². The van der Waals surface area contributed by atoms with E-state index < -0.39 is 5.97 Å². The van der Waals surface area contributed by atoms with Gasteiger partial charge in [-0.3, -0.25) is 9.59 Å². The van der Waals surface area contributed by atoms with Crippen molar-refractivity contribution in [3.63, 3.8) is 0 Å². The van der Waals surface area contributed by atoms with Crippen LogP contribution in [0.25, 0.3) is 10.2 Å². The van der Waals surface area contributed by atoms with Gasteiger partial charge in [0.1, 0.15) is 9.71 Å². The number of nitrogens with zero attached hydrogens (tertiary/aromatic N) is 2. The molecule has 3 rings (SSSR count). The fourth-order valence-corrected chi connectivity index (χ4v) is 4.70. The molecule has 0 aromatic carbocycles. The van der Waals surface area contributed by atoms with E-state index in [-0.39, 0.29) is 23.8 Å². The lowest BCUT2D eigenvalue weighted by Crippen LogP contribution is -2.15. The number of thiazole rings is 1. The van der Waals surface area contributed by atoms with E-state index in [0.717, 1.165) is 28.0 Å². The molecule has 3 aromatic heterocycles. The van der Waals surface area contributed by atoms with Crippen molar-refractivity contribution < 1.29 is 14.3 Å². The Balaban J connectivity index is 1.64. The number of aromatic nitrogens is 3. The SMILES string of the molecule is CCOC(=O)c1sc(NC(=O)CSc2nc3sc(C)cc3c(=O)[nH]2)nc1C. The summed E-state index contributed by atoms with van der Waals surface area (Å²) in [6.45, 7) is 5.59. The van der Waals surface area contributed by atoms with Crippen LogP contribution in [0, 0.1) is 13.8 Å². The number of carbonyl (C=O) groups excluding carboxylic acids is 2. The van der Waals surface area contributed by atoms with E-state index in [2.05, 4.69) is 20.3 Å². The Morgan fingerprint density at radius 3 is 2.81 bits per heavy atom. The molecule has 0 aliphatic heterocycles. The molecule has 0 atom stereocenters. The number of aryl methyl sites for hydroxylation is 2. The van der Waals surface area contributed by atoms with Gasteiger partial charge in [0.25, 0.3) is 5.56 Å². The van der Waals surface area contributed by atoms with Gasteiger partial charge in [0.05, 0.1) is 23.4 Å². The van der Waals surface area contributed by atoms with Crippen LogP contribution in [0.3, 0.4) is 0 Å². The van der Waals surface area contributed by atoms with Crippen LogP contribution in [0.4, 0.5) is 5.13 Å². The quantitative estimate of drug-likeness (QED) is 0.355. The first-order valence-corrected chi connectivity index (χ1v) is 10.6. The fourth-order valence-electron chi connectivity index (χ4n) is 2.23. The summed E-state index contributed by atoms with van der Waals surface area (Å²) in [7, 11) is 0. The van der Waals surface area contributed by atoms with Gasteiger partial charge in [-0.05, 0) is 26.8 Å². The predicted molar refractivity (Wildman–Crippen MR) is 107 cm³/mol. The van der Waals surface area contributed by atoms with Gasteiger partial charge in [-0.25, -0.2) is 14.8 Å². The summed E-state index contributed by atoms with van der Waals surface area (Å²) >= 11 is 3.62. The van der Waals surface area contributed by atoms with Crippen LogP contribution in [0.2, 0.25) is 0 Å². The van der Waals surface area contributed by atoms with Gasteiger partial charge < -0.3 is 15.0 Å². The maximum Gasteiger partial charge on any atom is 0.350 e. The molecule has 0 unspecified atom stereocenters. The van der Waals surface area contributed by atoms with E-state index in [4.69, 9.17) is 4.74 Å². The van der Waals surface area contributed by atoms with Crippen LogP contribution < -0.4 is 10.9 Å². The summed E-state index contributed by atoms with van der Waals surface area (Å²) in [5, 5.41) is 3.91. The van der Waals surface area contributed by atoms with Gasteiger partial charge >= 0.3 is 5.97 Å². The van der Waals surface area contributed by atoms with Crippen LogP contribution in [0.1, 0.15) is 27.2 Å². The minimum absolute atomic E-state index is 0.0478. The van der Waals surface area contributed by atoms with E-state index in [0.29, 0.717) is 31.1 Å². The maximum absolute atomic E-state index is 12.2. The third-order valence-electron chi connectivity index (χ3n) is 3.35. The molecule has 0 bridgehead atoms. The Morgan fingerprint density at radius 2 is 2.07 bits per heavy atom. The normalized spacial score (nSPS) is 10.9. The molecule has 2 N–H and O–H groups in total. The first-order chi connectivity index (χ1) is 12.9. The van der Waals surface area contributed by atoms with Crippen molar-refractivity contribution in [2.75, 3.05) is 17.7 Å². The third kappa shape index (κ3) is 4.54. The molecule has 0 aliphatic carbocycles. The van der Waals surface area contributed by atoms with Crippen molar-refractivity contribution in [3.8, 4) is 0 Å². The molecule has 0 saturated carbocycles. The number of ether oxygens (including phenoxy) is 1. The van der Waals surface area contributed by atoms with Gasteiger partial charge in [-0.1, -0.05) is 23.1 Å². The smallest absolute Gasteiger partial charge is 0.350 e. The van der Waals surface area contributed by atoms with Crippen LogP contribution in [0.5, 0.6) is 0 Å². The molecule has 0 fully saturated rings. The second kappa shape index (κ2) is 8.19. The number of carbonyl (C=O) groups is 2. The number of thiophene rings is 1. The van der Waals surface area contributed by atoms with Crippen molar-refractivity contribution in [1.82, 2.24) is 15.0 Å². The lowest BCUT2D eigenvalue weighted by Gasteiger charge is -2.01. The molecule has 8 nitrogen and oxygen atoms in total. The number of rotatable bonds is 6. The van der Waals surface area contributed by atoms with E-state index >= 15 is 0 Å². The number of hydrogen-bond donors (Lipinski definition) is 2. The van der Waals surface area contributed by atoms with Crippen molar-refractivity contribution in [2.24, 2.45) is 0 Å². The maximum atomic E-state index is 12.2. The monoisotopic (exact) mass is 424 g/mol. The van der Waals surface area contributed by atoms with Gasteiger partial charge in [0.2, 0.25) is 5.91 Å². The standard InChI is InChI=1S/C16H16N4O4S3/c1-4-24-14(23)11-8(3)17-16(27-11)18-10(21)6-25-15-19-12(22)9-5-7(2)26-13(9)20-15/h5H,4,6H2,1-3H3,(H,17,18,21)(H,19,20,22). The van der Waals surface area contributed by atoms with Crippen LogP contribution in [-0.4, -0.2) is 39.2 Å². The van der Waals surface area contributed by atoms with Crippen molar-refractivity contribution in [2.45, 2.75) is 25.9 Å². The molecule has 0 radical (unpaired) electrons. The number of amides is 1. The van der Waals surface area contributed by atoms with Gasteiger partial charge in [0, 0.05) is 4.88 Å². The number of H-pyrrole nitrogens is 1. The molecular formula is C16H16N4O4S3. The van der Waals surface area contributed by atoms with E-state index in [1.807, 2.05) is 6.92 Å². The summed E-state index contributed by atoms with van der Waals surface area (Å²) in [4.78, 5) is 49.2. The molecule has 1 amide bonds. The van der Waals surface area contributed by atoms with Crippen molar-refractivity contribution in [1.29, 1.82) is 0 Å². The summed E-state index contributed by atoms with van der Waals surface area (Å²) in [6.07, 6.45) is 0. The fraction of sp³-hybridized carbons (Fsp3) is 0.312. The number of hydrogen-bond acceptors (Lipinski definition) is 9. The number of esters is 1. The molecule has 27 heavy (non-hydrogen) atoms. The molecule has 142 valence electrons.